The summed E-state index contributed by atoms with van der Waals surface area (Å²) in [6, 6.07) is 8.33. The van der Waals surface area contributed by atoms with E-state index in [1.807, 2.05) is 12.1 Å². The summed E-state index contributed by atoms with van der Waals surface area (Å²) in [6.07, 6.45) is 6.53. The zero-order chi connectivity index (χ0) is 17.9. The van der Waals surface area contributed by atoms with E-state index in [9.17, 15) is 9.90 Å². The number of fused-ring (bicyclic) bond motifs is 4. The first-order chi connectivity index (χ1) is 12.7. The van der Waals surface area contributed by atoms with Gasteiger partial charge in [0.15, 0.2) is 0 Å². The van der Waals surface area contributed by atoms with Crippen molar-refractivity contribution >= 4 is 5.91 Å². The van der Waals surface area contributed by atoms with E-state index in [2.05, 4.69) is 15.5 Å². The molecule has 3 saturated heterocycles. The Bertz CT molecular complexity index is 618. The molecular weight excluding hydrogens is 326 g/mol. The van der Waals surface area contributed by atoms with Crippen molar-refractivity contribution in [1.29, 1.82) is 0 Å². The number of nitrogens with one attached hydrogen (secondary N) is 2. The van der Waals surface area contributed by atoms with Crippen LogP contribution in [0, 0.1) is 11.8 Å². The molecule has 3 heterocycles. The molecule has 142 valence electrons. The largest absolute Gasteiger partial charge is 0.508 e. The average Bonchev–Trinajstić information content (AvgIpc) is 2.68. The molecule has 3 aliphatic heterocycles. The fraction of sp³-hybridized carbons (Fsp3) is 0.667. The number of hydrogen-bond acceptors (Lipinski definition) is 4. The fourth-order valence-corrected chi connectivity index (χ4v) is 5.28. The summed E-state index contributed by atoms with van der Waals surface area (Å²) in [7, 11) is 0. The van der Waals surface area contributed by atoms with Gasteiger partial charge in [0.05, 0.1) is 0 Å². The maximum absolute atomic E-state index is 12.4. The number of piperidine rings is 3. The number of phenolic OH excluding ortho intramolecular Hbond substituents is 1. The Morgan fingerprint density at radius 1 is 1.19 bits per heavy atom. The zero-order valence-electron chi connectivity index (χ0n) is 15.5. The molecule has 3 fully saturated rings. The number of hydrogen-bond donors (Lipinski definition) is 3. The van der Waals surface area contributed by atoms with Crippen LogP contribution in [0.15, 0.2) is 24.3 Å². The van der Waals surface area contributed by atoms with Gasteiger partial charge in [-0.15, -0.1) is 0 Å². The first-order valence-electron chi connectivity index (χ1n) is 10.2. The highest BCUT2D eigenvalue weighted by Crippen LogP contribution is 2.38. The molecule has 0 aliphatic carbocycles. The van der Waals surface area contributed by atoms with Gasteiger partial charge in [0.25, 0.3) is 0 Å². The summed E-state index contributed by atoms with van der Waals surface area (Å²) < 4.78 is 0. The molecule has 0 spiro atoms. The van der Waals surface area contributed by atoms with E-state index in [0.29, 0.717) is 24.4 Å². The summed E-state index contributed by atoms with van der Waals surface area (Å²) in [5.74, 6) is 1.87. The van der Waals surface area contributed by atoms with E-state index < -0.39 is 0 Å². The van der Waals surface area contributed by atoms with Crippen LogP contribution in [0.25, 0.3) is 0 Å². The lowest BCUT2D eigenvalue weighted by atomic mass is 9.73. The molecular formula is C21H31N3O2. The Morgan fingerprint density at radius 2 is 2.00 bits per heavy atom. The van der Waals surface area contributed by atoms with Crippen molar-refractivity contribution < 1.29 is 9.90 Å². The molecule has 1 amide bonds. The van der Waals surface area contributed by atoms with Gasteiger partial charge in [-0.2, -0.15) is 0 Å². The van der Waals surface area contributed by atoms with E-state index in [0.717, 1.165) is 31.0 Å². The van der Waals surface area contributed by atoms with Gasteiger partial charge in [0.2, 0.25) is 5.91 Å². The fourth-order valence-electron chi connectivity index (χ4n) is 5.28. The summed E-state index contributed by atoms with van der Waals surface area (Å²) in [6.45, 7) is 4.24. The van der Waals surface area contributed by atoms with Crippen molar-refractivity contribution in [2.45, 2.75) is 50.6 Å². The van der Waals surface area contributed by atoms with Crippen molar-refractivity contribution in [3.63, 3.8) is 0 Å². The molecule has 1 aromatic carbocycles. The standard InChI is InChI=1S/C21H31N3O2/c25-18-7-4-15(5-8-18)6-9-21(26)23-14-20-17-11-16(12-22-13-17)19-3-1-2-10-24(19)20/h4-5,7-8,16-17,19-20,22,25H,1-3,6,9-14H2,(H,23,26)/t16-,17+,19+,20+/m1/s1. The molecule has 5 heteroatoms. The lowest BCUT2D eigenvalue weighted by Crippen LogP contribution is -2.65. The van der Waals surface area contributed by atoms with E-state index in [-0.39, 0.29) is 11.7 Å². The van der Waals surface area contributed by atoms with Gasteiger partial charge in [-0.05, 0) is 74.8 Å². The topological polar surface area (TPSA) is 64.6 Å². The predicted molar refractivity (Wildman–Crippen MR) is 102 cm³/mol. The smallest absolute Gasteiger partial charge is 0.220 e. The first kappa shape index (κ1) is 17.8. The van der Waals surface area contributed by atoms with Crippen LogP contribution in [-0.4, -0.2) is 54.2 Å². The number of benzene rings is 1. The van der Waals surface area contributed by atoms with Crippen LogP contribution in [0.1, 0.15) is 37.7 Å². The molecule has 0 radical (unpaired) electrons. The summed E-state index contributed by atoms with van der Waals surface area (Å²) >= 11 is 0. The highest BCUT2D eigenvalue weighted by Gasteiger charge is 2.45. The van der Waals surface area contributed by atoms with Crippen molar-refractivity contribution in [2.75, 3.05) is 26.2 Å². The lowest BCUT2D eigenvalue weighted by molar-refractivity contribution is -0.122. The Labute approximate surface area is 156 Å². The molecule has 0 aromatic heterocycles. The molecule has 3 N–H and O–H groups in total. The molecule has 4 atom stereocenters. The summed E-state index contributed by atoms with van der Waals surface area (Å²) in [5.41, 5.74) is 1.09. The van der Waals surface area contributed by atoms with Crippen molar-refractivity contribution in [3.8, 4) is 5.75 Å². The van der Waals surface area contributed by atoms with Crippen LogP contribution < -0.4 is 10.6 Å². The Kier molecular flexibility index (Phi) is 5.46. The number of aromatic hydroxyl groups is 1. The Morgan fingerprint density at radius 3 is 2.85 bits per heavy atom. The van der Waals surface area contributed by atoms with Crippen molar-refractivity contribution in [2.24, 2.45) is 11.8 Å². The number of amides is 1. The minimum atomic E-state index is 0.137. The number of nitrogens with zero attached hydrogens (tertiary/aromatic N) is 1. The second-order valence-electron chi connectivity index (χ2n) is 8.25. The van der Waals surface area contributed by atoms with Gasteiger partial charge in [-0.3, -0.25) is 9.69 Å². The van der Waals surface area contributed by atoms with Gasteiger partial charge in [-0.25, -0.2) is 0 Å². The van der Waals surface area contributed by atoms with Crippen molar-refractivity contribution in [3.05, 3.63) is 29.8 Å². The Hall–Kier alpha value is -1.59. The van der Waals surface area contributed by atoms with Gasteiger partial charge in [-0.1, -0.05) is 18.6 Å². The summed E-state index contributed by atoms with van der Waals surface area (Å²) in [4.78, 5) is 15.1. The van der Waals surface area contributed by atoms with Crippen molar-refractivity contribution in [1.82, 2.24) is 15.5 Å². The zero-order valence-corrected chi connectivity index (χ0v) is 15.5. The third-order valence-corrected chi connectivity index (χ3v) is 6.61. The van der Waals surface area contributed by atoms with Crippen LogP contribution >= 0.6 is 0 Å². The number of aryl methyl sites for hydroxylation is 1. The molecule has 1 aromatic rings. The van der Waals surface area contributed by atoms with Crippen LogP contribution in [-0.2, 0) is 11.2 Å². The number of rotatable bonds is 5. The van der Waals surface area contributed by atoms with Gasteiger partial charge in [0, 0.05) is 25.0 Å². The maximum Gasteiger partial charge on any atom is 0.220 e. The van der Waals surface area contributed by atoms with Crippen LogP contribution in [0.5, 0.6) is 5.75 Å². The molecule has 4 rings (SSSR count). The molecule has 5 nitrogen and oxygen atoms in total. The minimum Gasteiger partial charge on any atom is -0.508 e. The molecule has 3 aliphatic rings. The van der Waals surface area contributed by atoms with E-state index in [4.69, 9.17) is 0 Å². The third kappa shape index (κ3) is 3.89. The number of phenols is 1. The summed E-state index contributed by atoms with van der Waals surface area (Å²) in [5, 5.41) is 16.2. The molecule has 0 saturated carbocycles. The quantitative estimate of drug-likeness (QED) is 0.753. The SMILES string of the molecule is O=C(CCc1ccc(O)cc1)NC[C@H]1[C@@H]2CNC[C@@H](C2)[C@@H]2CCCCN21. The average molecular weight is 357 g/mol. The Balaban J connectivity index is 1.31. The minimum absolute atomic E-state index is 0.137. The first-order valence-corrected chi connectivity index (χ1v) is 10.2. The highest BCUT2D eigenvalue weighted by atomic mass is 16.3. The monoisotopic (exact) mass is 357 g/mol. The van der Waals surface area contributed by atoms with Gasteiger partial charge >= 0.3 is 0 Å². The second kappa shape index (κ2) is 7.97. The maximum atomic E-state index is 12.4. The molecule has 0 unspecified atom stereocenters. The number of carbonyl (C=O) groups excluding carboxylic acids is 1. The lowest BCUT2D eigenvalue weighted by Gasteiger charge is -2.55. The van der Waals surface area contributed by atoms with E-state index >= 15 is 0 Å². The predicted octanol–water partition coefficient (Wildman–Crippen LogP) is 1.90. The van der Waals surface area contributed by atoms with Gasteiger partial charge < -0.3 is 15.7 Å². The van der Waals surface area contributed by atoms with Crippen LogP contribution in [0.3, 0.4) is 0 Å². The van der Waals surface area contributed by atoms with E-state index in [1.54, 1.807) is 12.1 Å². The molecule has 2 bridgehead atoms. The number of carbonyl (C=O) groups is 1. The third-order valence-electron chi connectivity index (χ3n) is 6.61. The molecule has 26 heavy (non-hydrogen) atoms. The van der Waals surface area contributed by atoms with Crippen LogP contribution in [0.4, 0.5) is 0 Å². The van der Waals surface area contributed by atoms with Gasteiger partial charge in [0.1, 0.15) is 5.75 Å². The highest BCUT2D eigenvalue weighted by molar-refractivity contribution is 5.76. The normalized spacial score (nSPS) is 31.2. The van der Waals surface area contributed by atoms with Crippen LogP contribution in [0.2, 0.25) is 0 Å². The second-order valence-corrected chi connectivity index (χ2v) is 8.25. The van der Waals surface area contributed by atoms with E-state index in [1.165, 1.54) is 38.8 Å².